The quantitative estimate of drug-likeness (QED) is 0.927. The molecule has 5 heteroatoms. The van der Waals surface area contributed by atoms with Crippen LogP contribution in [0.2, 0.25) is 0 Å². The summed E-state index contributed by atoms with van der Waals surface area (Å²) in [5.74, 6) is 1.45. The van der Waals surface area contributed by atoms with Gasteiger partial charge in [-0.25, -0.2) is 0 Å². The summed E-state index contributed by atoms with van der Waals surface area (Å²) in [5, 5.41) is 15.9. The van der Waals surface area contributed by atoms with Gasteiger partial charge in [0.25, 0.3) is 0 Å². The molecule has 1 aliphatic heterocycles. The first-order chi connectivity index (χ1) is 9.83. The third kappa shape index (κ3) is 2.96. The lowest BCUT2D eigenvalue weighted by Crippen LogP contribution is -2.43. The van der Waals surface area contributed by atoms with Crippen LogP contribution in [0.1, 0.15) is 11.7 Å². The van der Waals surface area contributed by atoms with Gasteiger partial charge in [-0.1, -0.05) is 18.2 Å². The number of rotatable bonds is 3. The number of pyridine rings is 1. The van der Waals surface area contributed by atoms with Crippen LogP contribution >= 0.6 is 0 Å². The molecule has 1 fully saturated rings. The van der Waals surface area contributed by atoms with Gasteiger partial charge in [-0.2, -0.15) is 0 Å². The van der Waals surface area contributed by atoms with Gasteiger partial charge in [0, 0.05) is 19.3 Å². The van der Waals surface area contributed by atoms with E-state index < -0.39 is 0 Å². The van der Waals surface area contributed by atoms with Crippen molar-refractivity contribution in [3.05, 3.63) is 59.6 Å². The highest BCUT2D eigenvalue weighted by atomic mass is 16.5. The van der Waals surface area contributed by atoms with Crippen LogP contribution in [0.3, 0.4) is 0 Å². The zero-order chi connectivity index (χ0) is 13.8. The van der Waals surface area contributed by atoms with Gasteiger partial charge >= 0.3 is 0 Å². The molecule has 2 aromatic rings. The van der Waals surface area contributed by atoms with Crippen LogP contribution in [0.4, 0.5) is 0 Å². The molecule has 3 rings (SSSR count). The van der Waals surface area contributed by atoms with Crippen LogP contribution < -0.4 is 10.1 Å². The van der Waals surface area contributed by atoms with Crippen molar-refractivity contribution in [3.63, 3.8) is 0 Å². The second-order valence-corrected chi connectivity index (χ2v) is 4.70. The molecule has 1 aliphatic rings. The molecule has 1 aromatic carbocycles. The number of hydrogen-bond donors (Lipinski definition) is 1. The Labute approximate surface area is 117 Å². The van der Waals surface area contributed by atoms with E-state index in [1.54, 1.807) is 6.20 Å². The largest absolute Gasteiger partial charge is 0.785 e. The number of hydrogen-bond acceptors (Lipinski definition) is 5. The van der Waals surface area contributed by atoms with Gasteiger partial charge in [-0.3, -0.25) is 4.98 Å². The van der Waals surface area contributed by atoms with E-state index in [1.165, 1.54) is 0 Å². The molecule has 5 nitrogen and oxygen atoms in total. The van der Waals surface area contributed by atoms with Crippen LogP contribution in [-0.4, -0.2) is 29.7 Å². The molecule has 1 saturated heterocycles. The summed E-state index contributed by atoms with van der Waals surface area (Å²) < 4.78 is 5.87. The van der Waals surface area contributed by atoms with Gasteiger partial charge < -0.3 is 20.3 Å². The molecule has 0 spiro atoms. The monoisotopic (exact) mass is 270 g/mol. The van der Waals surface area contributed by atoms with E-state index in [4.69, 9.17) is 4.74 Å². The zero-order valence-electron chi connectivity index (χ0n) is 11.0. The highest BCUT2D eigenvalue weighted by Gasteiger charge is 2.21. The topological polar surface area (TPSA) is 60.5 Å². The average molecular weight is 270 g/mol. The molecule has 1 N–H and O–H groups in total. The Morgan fingerprint density at radius 2 is 2.05 bits per heavy atom. The van der Waals surface area contributed by atoms with Crippen LogP contribution in [0.15, 0.2) is 48.7 Å². The van der Waals surface area contributed by atoms with Crippen molar-refractivity contribution in [2.24, 2.45) is 0 Å². The lowest BCUT2D eigenvalue weighted by Gasteiger charge is -2.37. The van der Waals surface area contributed by atoms with Crippen molar-refractivity contribution in [2.45, 2.75) is 6.04 Å². The highest BCUT2D eigenvalue weighted by Crippen LogP contribution is 2.28. The van der Waals surface area contributed by atoms with E-state index >= 15 is 0 Å². The first-order valence-electron chi connectivity index (χ1n) is 6.66. The third-order valence-electron chi connectivity index (χ3n) is 3.24. The van der Waals surface area contributed by atoms with Gasteiger partial charge in [0.1, 0.15) is 11.4 Å². The van der Waals surface area contributed by atoms with Crippen LogP contribution in [-0.2, 0) is 0 Å². The Bertz CT molecular complexity index is 562. The Kier molecular flexibility index (Phi) is 3.92. The van der Waals surface area contributed by atoms with Crippen molar-refractivity contribution < 1.29 is 4.74 Å². The summed E-state index contributed by atoms with van der Waals surface area (Å²) in [6.07, 6.45) is 1.72. The maximum Gasteiger partial charge on any atom is 0.150 e. The van der Waals surface area contributed by atoms with Gasteiger partial charge in [-0.05, 0) is 30.8 Å². The third-order valence-corrected chi connectivity index (χ3v) is 3.24. The Hall–Kier alpha value is -1.95. The smallest absolute Gasteiger partial charge is 0.150 e. The summed E-state index contributed by atoms with van der Waals surface area (Å²) in [6, 6.07) is 13.2. The number of para-hydroxylation sites is 1. The lowest BCUT2D eigenvalue weighted by atomic mass is 10.1. The first kappa shape index (κ1) is 13.1. The Morgan fingerprint density at radius 1 is 1.20 bits per heavy atom. The van der Waals surface area contributed by atoms with E-state index in [0.717, 1.165) is 16.5 Å². The Morgan fingerprint density at radius 3 is 2.85 bits per heavy atom. The van der Waals surface area contributed by atoms with Crippen LogP contribution in [0, 0.1) is 5.21 Å². The minimum atomic E-state index is -0.0961. The molecule has 0 bridgehead atoms. The fourth-order valence-corrected chi connectivity index (χ4v) is 2.27. The summed E-state index contributed by atoms with van der Waals surface area (Å²) in [5.41, 5.74) is 0.775. The minimum absolute atomic E-state index is 0.0961. The van der Waals surface area contributed by atoms with Crippen molar-refractivity contribution >= 4 is 0 Å². The fraction of sp³-hybridized carbons (Fsp3) is 0.267. The summed E-state index contributed by atoms with van der Waals surface area (Å²) in [4.78, 5) is 4.38. The fourth-order valence-electron chi connectivity index (χ4n) is 2.27. The number of nitrogens with zero attached hydrogens (tertiary/aromatic N) is 2. The number of ether oxygens (including phenoxy) is 1. The van der Waals surface area contributed by atoms with Gasteiger partial charge in [0.15, 0.2) is 5.75 Å². The molecular formula is C15H16N3O2-. The summed E-state index contributed by atoms with van der Waals surface area (Å²) in [6.45, 7) is 1.57. The molecule has 104 valence electrons. The number of aromatic nitrogens is 1. The maximum atomic E-state index is 11.5. The maximum absolute atomic E-state index is 11.5. The summed E-state index contributed by atoms with van der Waals surface area (Å²) >= 11 is 0. The first-order valence-corrected chi connectivity index (χ1v) is 6.66. The number of nitrogens with one attached hydrogen (secondary N) is 1. The molecule has 1 aromatic heterocycles. The van der Waals surface area contributed by atoms with E-state index in [9.17, 15) is 5.21 Å². The van der Waals surface area contributed by atoms with Gasteiger partial charge in [0.2, 0.25) is 0 Å². The van der Waals surface area contributed by atoms with E-state index in [-0.39, 0.29) is 6.04 Å². The molecule has 0 aliphatic carbocycles. The van der Waals surface area contributed by atoms with E-state index in [2.05, 4.69) is 10.3 Å². The van der Waals surface area contributed by atoms with Crippen molar-refractivity contribution in [1.29, 1.82) is 0 Å². The zero-order valence-corrected chi connectivity index (χ0v) is 11.0. The highest BCUT2D eigenvalue weighted by molar-refractivity contribution is 5.35. The van der Waals surface area contributed by atoms with Gasteiger partial charge in [0.05, 0.1) is 6.04 Å². The predicted octanol–water partition coefficient (Wildman–Crippen LogP) is 2.32. The van der Waals surface area contributed by atoms with Crippen molar-refractivity contribution in [2.75, 3.05) is 19.6 Å². The van der Waals surface area contributed by atoms with E-state index in [0.29, 0.717) is 25.4 Å². The standard InChI is InChI=1S/C15H16N3O2/c19-18-10-9-16-13(11-18)15-14(7-4-8-17-15)20-12-5-2-1-3-6-12/h1-8,13,16H,9-11H2/q-1. The normalized spacial score (nSPS) is 19.8. The molecule has 0 amide bonds. The number of piperazine rings is 1. The molecule has 20 heavy (non-hydrogen) atoms. The lowest BCUT2D eigenvalue weighted by molar-refractivity contribution is 0.262. The molecule has 0 saturated carbocycles. The molecular weight excluding hydrogens is 254 g/mol. The van der Waals surface area contributed by atoms with Crippen LogP contribution in [0.5, 0.6) is 11.5 Å². The number of hydroxylamine groups is 2. The van der Waals surface area contributed by atoms with Gasteiger partial charge in [-0.15, -0.1) is 0 Å². The molecule has 1 atom stereocenters. The molecule has 0 radical (unpaired) electrons. The van der Waals surface area contributed by atoms with Crippen molar-refractivity contribution in [3.8, 4) is 11.5 Å². The predicted molar refractivity (Wildman–Crippen MR) is 76.4 cm³/mol. The van der Waals surface area contributed by atoms with Crippen LogP contribution in [0.25, 0.3) is 0 Å². The Balaban J connectivity index is 1.84. The summed E-state index contributed by atoms with van der Waals surface area (Å²) in [7, 11) is 0. The van der Waals surface area contributed by atoms with E-state index in [1.807, 2.05) is 42.5 Å². The second kappa shape index (κ2) is 6.00. The number of benzene rings is 1. The SMILES string of the molecule is [O-]N1CCNC(c2ncccc2Oc2ccccc2)C1. The molecule has 1 unspecified atom stereocenters. The second-order valence-electron chi connectivity index (χ2n) is 4.70. The average Bonchev–Trinajstić information content (AvgIpc) is 2.49. The molecule has 2 heterocycles. The minimum Gasteiger partial charge on any atom is -0.785 e. The van der Waals surface area contributed by atoms with Crippen molar-refractivity contribution in [1.82, 2.24) is 15.4 Å².